The summed E-state index contributed by atoms with van der Waals surface area (Å²) in [6, 6.07) is -1.79. The second-order valence-electron chi connectivity index (χ2n) is 10.6. The zero-order chi connectivity index (χ0) is 27.1. The van der Waals surface area contributed by atoms with E-state index in [9.17, 15) is 26.4 Å². The van der Waals surface area contributed by atoms with Crippen LogP contribution in [0.3, 0.4) is 0 Å². The Bertz CT molecular complexity index is 1080. The second-order valence-corrected chi connectivity index (χ2v) is 12.4. The number of sulfonamides is 1. The van der Waals surface area contributed by atoms with Gasteiger partial charge in [-0.25, -0.2) is 41.1 Å². The van der Waals surface area contributed by atoms with Crippen molar-refractivity contribution in [3.05, 3.63) is 24.0 Å². The van der Waals surface area contributed by atoms with E-state index < -0.39 is 52.6 Å². The molecule has 0 radical (unpaired) electrons. The molecular formula is C24H35F3N4O5S. The van der Waals surface area contributed by atoms with Crippen molar-refractivity contribution in [1.29, 1.82) is 0 Å². The Morgan fingerprint density at radius 1 is 1.27 bits per heavy atom. The van der Waals surface area contributed by atoms with Crippen LogP contribution < -0.4 is 4.72 Å². The van der Waals surface area contributed by atoms with Crippen molar-refractivity contribution < 1.29 is 35.9 Å². The topological polar surface area (TPSA) is 111 Å². The molecule has 1 aliphatic heterocycles. The highest BCUT2D eigenvalue weighted by Crippen LogP contribution is 2.66. The van der Waals surface area contributed by atoms with Crippen LogP contribution in [0, 0.1) is 17.7 Å². The molecule has 0 aromatic carbocycles. The minimum Gasteiger partial charge on any atom is -0.440 e. The normalized spacial score (nSPS) is 34.3. The summed E-state index contributed by atoms with van der Waals surface area (Å²) in [6.45, 7) is 5.38. The molecular weight excluding hydrogens is 513 g/mol. The van der Waals surface area contributed by atoms with Gasteiger partial charge in [-0.1, -0.05) is 13.8 Å². The molecule has 208 valence electrons. The van der Waals surface area contributed by atoms with Crippen LogP contribution in [0.1, 0.15) is 58.7 Å². The fourth-order valence-electron chi connectivity index (χ4n) is 6.35. The second kappa shape index (κ2) is 10.6. The van der Waals surface area contributed by atoms with Crippen LogP contribution in [0.15, 0.2) is 12.4 Å². The first-order valence-electron chi connectivity index (χ1n) is 12.7. The number of carbonyl (C=O) groups is 1. The molecule has 37 heavy (non-hydrogen) atoms. The van der Waals surface area contributed by atoms with Gasteiger partial charge in [-0.05, 0) is 50.9 Å². The van der Waals surface area contributed by atoms with Crippen molar-refractivity contribution in [3.63, 3.8) is 0 Å². The Morgan fingerprint density at radius 2 is 1.95 bits per heavy atom. The summed E-state index contributed by atoms with van der Waals surface area (Å²) in [5.74, 6) is 0.739. The molecule has 8 atom stereocenters. The highest BCUT2D eigenvalue weighted by Gasteiger charge is 2.66. The molecule has 2 heterocycles. The lowest BCUT2D eigenvalue weighted by molar-refractivity contribution is -0.0462. The van der Waals surface area contributed by atoms with Crippen LogP contribution in [0.4, 0.5) is 18.0 Å². The van der Waals surface area contributed by atoms with Crippen molar-refractivity contribution in [1.82, 2.24) is 19.6 Å². The maximum absolute atomic E-state index is 13.3. The summed E-state index contributed by atoms with van der Waals surface area (Å²) in [4.78, 5) is 22.7. The standard InChI is InChI=1S/C24H35F3N4O5S/c1-5-20(21(26)27)36-23(32)31-13(2)8-18(30-37(4,33)34)19(31)12-35-16-6-7-24(14(3)17(24)9-16)22-28-10-15(25)11-29-22/h10-11,13-14,16-21,30H,5-9,12H2,1-4H3/t13-,14+,16+,17-,18+,19+,20?,24-/m1/s1. The molecule has 1 aromatic rings. The van der Waals surface area contributed by atoms with E-state index >= 15 is 0 Å². The number of amides is 1. The summed E-state index contributed by atoms with van der Waals surface area (Å²) < 4.78 is 77.7. The minimum atomic E-state index is -3.59. The molecule has 0 bridgehead atoms. The molecule has 0 spiro atoms. The number of likely N-dealkylation sites (tertiary alicyclic amines) is 1. The van der Waals surface area contributed by atoms with Gasteiger partial charge in [0.25, 0.3) is 6.43 Å². The minimum absolute atomic E-state index is 0.0317. The Labute approximate surface area is 215 Å². The number of nitrogens with zero attached hydrogens (tertiary/aromatic N) is 3. The summed E-state index contributed by atoms with van der Waals surface area (Å²) >= 11 is 0. The van der Waals surface area contributed by atoms with Crippen LogP contribution in [0.2, 0.25) is 0 Å². The largest absolute Gasteiger partial charge is 0.440 e. The van der Waals surface area contributed by atoms with Gasteiger partial charge in [-0.3, -0.25) is 4.90 Å². The van der Waals surface area contributed by atoms with Crippen LogP contribution >= 0.6 is 0 Å². The van der Waals surface area contributed by atoms with Gasteiger partial charge in [-0.15, -0.1) is 0 Å². The maximum Gasteiger partial charge on any atom is 0.410 e. The molecule has 1 N–H and O–H groups in total. The van der Waals surface area contributed by atoms with E-state index in [0.717, 1.165) is 19.1 Å². The van der Waals surface area contributed by atoms with E-state index in [2.05, 4.69) is 21.6 Å². The molecule has 2 aliphatic carbocycles. The van der Waals surface area contributed by atoms with Crippen molar-refractivity contribution in [2.45, 2.75) is 95.0 Å². The molecule has 13 heteroatoms. The third-order valence-corrected chi connectivity index (χ3v) is 9.04. The van der Waals surface area contributed by atoms with Gasteiger partial charge in [0, 0.05) is 17.5 Å². The first-order chi connectivity index (χ1) is 17.4. The Morgan fingerprint density at radius 3 is 2.51 bits per heavy atom. The number of hydrogen-bond donors (Lipinski definition) is 1. The van der Waals surface area contributed by atoms with Gasteiger partial charge in [0.05, 0.1) is 37.4 Å². The van der Waals surface area contributed by atoms with Crippen molar-refractivity contribution >= 4 is 16.1 Å². The third kappa shape index (κ3) is 5.73. The summed E-state index contributed by atoms with van der Waals surface area (Å²) in [5.41, 5.74) is -0.198. The summed E-state index contributed by atoms with van der Waals surface area (Å²) in [6.07, 6.45) is 0.441. The van der Waals surface area contributed by atoms with Crippen molar-refractivity contribution in [2.75, 3.05) is 12.9 Å². The smallest absolute Gasteiger partial charge is 0.410 e. The fraction of sp³-hybridized carbons (Fsp3) is 0.792. The van der Waals surface area contributed by atoms with Gasteiger partial charge in [-0.2, -0.15) is 0 Å². The molecule has 1 saturated heterocycles. The number of aromatic nitrogens is 2. The molecule has 9 nitrogen and oxygen atoms in total. The SMILES string of the molecule is CCC(OC(=O)N1[C@H](C)C[C@H](NS(C)(=O)=O)[C@@H]1CO[C@H]1CC[C@]2(c3ncc(F)cn3)[C@H](C1)[C@@H]2C)C(F)F. The lowest BCUT2D eigenvalue weighted by Crippen LogP contribution is -2.51. The number of ether oxygens (including phenoxy) is 2. The molecule has 2 saturated carbocycles. The number of alkyl halides is 2. The highest BCUT2D eigenvalue weighted by atomic mass is 32.2. The molecule has 4 rings (SSSR count). The monoisotopic (exact) mass is 548 g/mol. The number of rotatable bonds is 9. The molecule has 1 amide bonds. The molecule has 1 unspecified atom stereocenters. The van der Waals surface area contributed by atoms with Gasteiger partial charge in [0.2, 0.25) is 10.0 Å². The zero-order valence-corrected chi connectivity index (χ0v) is 22.3. The zero-order valence-electron chi connectivity index (χ0n) is 21.4. The number of hydrogen-bond acceptors (Lipinski definition) is 7. The highest BCUT2D eigenvalue weighted by molar-refractivity contribution is 7.88. The first-order valence-corrected chi connectivity index (χ1v) is 14.6. The first kappa shape index (κ1) is 28.0. The van der Waals surface area contributed by atoms with E-state index in [0.29, 0.717) is 24.6 Å². The Balaban J connectivity index is 1.44. The van der Waals surface area contributed by atoms with Gasteiger partial charge >= 0.3 is 6.09 Å². The lowest BCUT2D eigenvalue weighted by atomic mass is 9.85. The van der Waals surface area contributed by atoms with Crippen LogP contribution in [0.25, 0.3) is 0 Å². The number of carbonyl (C=O) groups excluding carboxylic acids is 1. The Hall–Kier alpha value is -1.99. The summed E-state index contributed by atoms with van der Waals surface area (Å²) in [5, 5.41) is 0. The van der Waals surface area contributed by atoms with Gasteiger partial charge < -0.3 is 9.47 Å². The summed E-state index contributed by atoms with van der Waals surface area (Å²) in [7, 11) is -3.59. The predicted molar refractivity (Wildman–Crippen MR) is 128 cm³/mol. The average Bonchev–Trinajstić information content (AvgIpc) is 3.29. The van der Waals surface area contributed by atoms with E-state index in [1.807, 2.05) is 0 Å². The van der Waals surface area contributed by atoms with Crippen LogP contribution in [-0.4, -0.2) is 79.0 Å². The fourth-order valence-corrected chi connectivity index (χ4v) is 7.15. The van der Waals surface area contributed by atoms with Crippen LogP contribution in [0.5, 0.6) is 0 Å². The maximum atomic E-state index is 13.3. The lowest BCUT2D eigenvalue weighted by Gasteiger charge is -2.33. The molecule has 3 fully saturated rings. The van der Waals surface area contributed by atoms with Crippen LogP contribution in [-0.2, 0) is 24.9 Å². The average molecular weight is 549 g/mol. The van der Waals surface area contributed by atoms with Gasteiger partial charge in [0.15, 0.2) is 11.9 Å². The molecule has 3 aliphatic rings. The van der Waals surface area contributed by atoms with E-state index in [1.54, 1.807) is 6.92 Å². The van der Waals surface area contributed by atoms with Crippen molar-refractivity contribution in [2.24, 2.45) is 11.8 Å². The Kier molecular flexibility index (Phi) is 8.06. The molecule has 1 aromatic heterocycles. The number of nitrogens with one attached hydrogen (secondary N) is 1. The van der Waals surface area contributed by atoms with E-state index in [-0.39, 0.29) is 30.5 Å². The predicted octanol–water partition coefficient (Wildman–Crippen LogP) is 3.25. The van der Waals surface area contributed by atoms with E-state index in [4.69, 9.17) is 9.47 Å². The van der Waals surface area contributed by atoms with Gasteiger partial charge in [0.1, 0.15) is 5.82 Å². The van der Waals surface area contributed by atoms with E-state index in [1.165, 1.54) is 24.2 Å². The third-order valence-electron chi connectivity index (χ3n) is 8.31. The van der Waals surface area contributed by atoms with Crippen molar-refractivity contribution in [3.8, 4) is 0 Å². The number of fused-ring (bicyclic) bond motifs is 1. The quantitative estimate of drug-likeness (QED) is 0.504. The number of halogens is 3.